The van der Waals surface area contributed by atoms with Gasteiger partial charge in [0, 0.05) is 25.2 Å². The number of nitrogens with zero attached hydrogens (tertiary/aromatic N) is 1. The highest BCUT2D eigenvalue weighted by Gasteiger charge is 2.31. The van der Waals surface area contributed by atoms with Gasteiger partial charge in [-0.15, -0.1) is 0 Å². The maximum absolute atomic E-state index is 9.43. The summed E-state index contributed by atoms with van der Waals surface area (Å²) >= 11 is 0. The summed E-state index contributed by atoms with van der Waals surface area (Å²) in [6.45, 7) is 1.89. The van der Waals surface area contributed by atoms with E-state index in [1.807, 2.05) is 0 Å². The van der Waals surface area contributed by atoms with E-state index in [0.29, 0.717) is 12.1 Å². The number of aliphatic hydroxyl groups is 1. The molecule has 0 spiro atoms. The first kappa shape index (κ1) is 9.44. The van der Waals surface area contributed by atoms with Crippen LogP contribution < -0.4 is 5.73 Å². The normalized spacial score (nSPS) is 42.5. The molecular formula is C10H20N2O. The fourth-order valence-electron chi connectivity index (χ4n) is 2.66. The molecule has 0 radical (unpaired) electrons. The van der Waals surface area contributed by atoms with Crippen molar-refractivity contribution in [1.82, 2.24) is 4.90 Å². The second-order valence-corrected chi connectivity index (χ2v) is 4.45. The Morgan fingerprint density at radius 1 is 1.15 bits per heavy atom. The molecule has 1 heterocycles. The van der Waals surface area contributed by atoms with E-state index in [9.17, 15) is 5.11 Å². The molecule has 0 aromatic heterocycles. The minimum Gasteiger partial charge on any atom is -0.392 e. The Kier molecular flexibility index (Phi) is 2.86. The monoisotopic (exact) mass is 184 g/mol. The van der Waals surface area contributed by atoms with Crippen molar-refractivity contribution in [2.24, 2.45) is 5.73 Å². The van der Waals surface area contributed by atoms with Crippen LogP contribution in [0.3, 0.4) is 0 Å². The van der Waals surface area contributed by atoms with E-state index in [4.69, 9.17) is 5.73 Å². The molecule has 76 valence electrons. The molecule has 1 saturated carbocycles. The van der Waals surface area contributed by atoms with Crippen LogP contribution in [-0.4, -0.2) is 41.3 Å². The van der Waals surface area contributed by atoms with Crippen LogP contribution in [0.25, 0.3) is 0 Å². The van der Waals surface area contributed by atoms with Crippen molar-refractivity contribution in [2.75, 3.05) is 13.1 Å². The zero-order chi connectivity index (χ0) is 9.26. The van der Waals surface area contributed by atoms with Crippen LogP contribution in [0.5, 0.6) is 0 Å². The summed E-state index contributed by atoms with van der Waals surface area (Å²) in [7, 11) is 0. The molecule has 3 heteroatoms. The predicted molar refractivity (Wildman–Crippen MR) is 52.4 cm³/mol. The van der Waals surface area contributed by atoms with Crippen LogP contribution in [0.15, 0.2) is 0 Å². The SMILES string of the molecule is NC1CCCCC1N1CCC(O)C1. The largest absolute Gasteiger partial charge is 0.392 e. The van der Waals surface area contributed by atoms with Gasteiger partial charge < -0.3 is 10.8 Å². The van der Waals surface area contributed by atoms with Gasteiger partial charge in [0.05, 0.1) is 6.10 Å². The van der Waals surface area contributed by atoms with Gasteiger partial charge in [0.1, 0.15) is 0 Å². The molecule has 0 aromatic carbocycles. The van der Waals surface area contributed by atoms with Gasteiger partial charge in [0.25, 0.3) is 0 Å². The third kappa shape index (κ3) is 2.03. The first-order valence-corrected chi connectivity index (χ1v) is 5.45. The Morgan fingerprint density at radius 3 is 2.54 bits per heavy atom. The Hall–Kier alpha value is -0.120. The standard InChI is InChI=1S/C10H20N2O/c11-9-3-1-2-4-10(9)12-6-5-8(13)7-12/h8-10,13H,1-7,11H2. The number of hydrogen-bond acceptors (Lipinski definition) is 3. The van der Waals surface area contributed by atoms with Crippen LogP contribution in [0, 0.1) is 0 Å². The molecule has 2 rings (SSSR count). The highest BCUT2D eigenvalue weighted by molar-refractivity contribution is 4.89. The Labute approximate surface area is 79.9 Å². The predicted octanol–water partition coefficient (Wildman–Crippen LogP) is 0.323. The number of hydrogen-bond donors (Lipinski definition) is 2. The lowest BCUT2D eigenvalue weighted by Crippen LogP contribution is -2.48. The van der Waals surface area contributed by atoms with Gasteiger partial charge in [-0.25, -0.2) is 0 Å². The summed E-state index contributed by atoms with van der Waals surface area (Å²) < 4.78 is 0. The topological polar surface area (TPSA) is 49.5 Å². The van der Waals surface area contributed by atoms with Crippen LogP contribution in [0.4, 0.5) is 0 Å². The fourth-order valence-corrected chi connectivity index (χ4v) is 2.66. The second kappa shape index (κ2) is 3.95. The minimum absolute atomic E-state index is 0.103. The molecule has 0 bridgehead atoms. The van der Waals surface area contributed by atoms with Gasteiger partial charge in [-0.2, -0.15) is 0 Å². The van der Waals surface area contributed by atoms with Crippen molar-refractivity contribution < 1.29 is 5.11 Å². The average molecular weight is 184 g/mol. The third-order valence-corrected chi connectivity index (χ3v) is 3.45. The van der Waals surface area contributed by atoms with Gasteiger partial charge >= 0.3 is 0 Å². The van der Waals surface area contributed by atoms with Gasteiger partial charge in [0.15, 0.2) is 0 Å². The first-order chi connectivity index (χ1) is 6.27. The quantitative estimate of drug-likeness (QED) is 0.617. The van der Waals surface area contributed by atoms with Crippen molar-refractivity contribution in [3.8, 4) is 0 Å². The number of rotatable bonds is 1. The molecule has 2 fully saturated rings. The molecule has 3 N–H and O–H groups in total. The molecular weight excluding hydrogens is 164 g/mol. The molecule has 0 aromatic rings. The first-order valence-electron chi connectivity index (χ1n) is 5.45. The van der Waals surface area contributed by atoms with E-state index in [1.165, 1.54) is 19.3 Å². The Balaban J connectivity index is 1.91. The van der Waals surface area contributed by atoms with Crippen molar-refractivity contribution in [3.63, 3.8) is 0 Å². The summed E-state index contributed by atoms with van der Waals surface area (Å²) in [6, 6.07) is 0.893. The maximum Gasteiger partial charge on any atom is 0.0679 e. The lowest BCUT2D eigenvalue weighted by Gasteiger charge is -2.35. The van der Waals surface area contributed by atoms with E-state index in [0.717, 1.165) is 25.9 Å². The van der Waals surface area contributed by atoms with E-state index in [2.05, 4.69) is 4.90 Å². The minimum atomic E-state index is -0.103. The summed E-state index contributed by atoms with van der Waals surface area (Å²) in [5, 5.41) is 9.43. The maximum atomic E-state index is 9.43. The fraction of sp³-hybridized carbons (Fsp3) is 1.00. The smallest absolute Gasteiger partial charge is 0.0679 e. The van der Waals surface area contributed by atoms with Gasteiger partial charge in [-0.1, -0.05) is 12.8 Å². The molecule has 3 unspecified atom stereocenters. The molecule has 3 nitrogen and oxygen atoms in total. The highest BCUT2D eigenvalue weighted by Crippen LogP contribution is 2.24. The number of β-amino-alcohol motifs (C(OH)–C–C–N with tert-alkyl or cyclic N) is 1. The third-order valence-electron chi connectivity index (χ3n) is 3.45. The molecule has 13 heavy (non-hydrogen) atoms. The average Bonchev–Trinajstić information content (AvgIpc) is 2.53. The molecule has 2 aliphatic rings. The summed E-state index contributed by atoms with van der Waals surface area (Å²) in [5.74, 6) is 0. The second-order valence-electron chi connectivity index (χ2n) is 4.45. The van der Waals surface area contributed by atoms with E-state index in [1.54, 1.807) is 0 Å². The zero-order valence-corrected chi connectivity index (χ0v) is 8.15. The van der Waals surface area contributed by atoms with Crippen molar-refractivity contribution in [3.05, 3.63) is 0 Å². The zero-order valence-electron chi connectivity index (χ0n) is 8.15. The number of nitrogens with two attached hydrogens (primary N) is 1. The Bertz CT molecular complexity index is 174. The molecule has 1 aliphatic carbocycles. The van der Waals surface area contributed by atoms with Crippen LogP contribution in [0.2, 0.25) is 0 Å². The summed E-state index contributed by atoms with van der Waals surface area (Å²) in [5.41, 5.74) is 6.08. The van der Waals surface area contributed by atoms with Crippen molar-refractivity contribution in [2.45, 2.75) is 50.3 Å². The number of likely N-dealkylation sites (tertiary alicyclic amines) is 1. The summed E-state index contributed by atoms with van der Waals surface area (Å²) in [4.78, 5) is 2.38. The summed E-state index contributed by atoms with van der Waals surface area (Å²) in [6.07, 6.45) is 5.82. The van der Waals surface area contributed by atoms with Crippen molar-refractivity contribution >= 4 is 0 Å². The van der Waals surface area contributed by atoms with Gasteiger partial charge in [0.2, 0.25) is 0 Å². The highest BCUT2D eigenvalue weighted by atomic mass is 16.3. The van der Waals surface area contributed by atoms with E-state index < -0.39 is 0 Å². The lowest BCUT2D eigenvalue weighted by atomic mass is 9.90. The van der Waals surface area contributed by atoms with Crippen LogP contribution in [0.1, 0.15) is 32.1 Å². The molecule has 0 amide bonds. The van der Waals surface area contributed by atoms with Crippen LogP contribution >= 0.6 is 0 Å². The number of aliphatic hydroxyl groups excluding tert-OH is 1. The van der Waals surface area contributed by atoms with Crippen LogP contribution in [-0.2, 0) is 0 Å². The van der Waals surface area contributed by atoms with Crippen molar-refractivity contribution in [1.29, 1.82) is 0 Å². The lowest BCUT2D eigenvalue weighted by molar-refractivity contribution is 0.131. The van der Waals surface area contributed by atoms with E-state index in [-0.39, 0.29) is 6.10 Å². The van der Waals surface area contributed by atoms with Gasteiger partial charge in [-0.05, 0) is 19.3 Å². The molecule has 1 aliphatic heterocycles. The van der Waals surface area contributed by atoms with Gasteiger partial charge in [-0.3, -0.25) is 4.90 Å². The van der Waals surface area contributed by atoms with E-state index >= 15 is 0 Å². The Morgan fingerprint density at radius 2 is 1.92 bits per heavy atom. The molecule has 3 atom stereocenters. The molecule has 1 saturated heterocycles.